The number of hydrogen-bond donors (Lipinski definition) is 3. The number of ether oxygens (including phenoxy) is 4. The van der Waals surface area contributed by atoms with E-state index in [9.17, 15) is 19.2 Å². The number of benzene rings is 7. The van der Waals surface area contributed by atoms with E-state index in [0.29, 0.717) is 72.6 Å². The van der Waals surface area contributed by atoms with E-state index < -0.39 is 41.1 Å². The van der Waals surface area contributed by atoms with E-state index in [1.807, 2.05) is 212 Å². The Morgan fingerprint density at radius 1 is 0.577 bits per heavy atom. The Bertz CT molecular complexity index is 4910. The summed E-state index contributed by atoms with van der Waals surface area (Å²) in [6, 6.07) is 60.5. The largest absolute Gasteiger partial charge is 1.00 e. The SMILES string of the molecule is CC(C)(C)OC(=O)N(Cc1ccc(Nc2ncc(Cl)c(-c3c[nH]c4ccccc34)n2)cc1)[C@@H]1CCCN(C(=O)OCc2ccccc2)C1.CC(C)(C)OC(=O)N(Cc1ccc(Nc2ncc(Cl)c(-c3cn(-c4ccccc4)c4ccccc34)n2)cc1)[C@@H]1CCCN(C(=O)OCc2ccccc2)C1.O=CO[O-].O=S=O.[H-].[K+].[K+]. The van der Waals surface area contributed by atoms with Crippen molar-refractivity contribution in [3.05, 3.63) is 245 Å². The molecule has 2 saturated heterocycles. The van der Waals surface area contributed by atoms with Crippen molar-refractivity contribution in [2.24, 2.45) is 0 Å². The molecule has 4 aromatic heterocycles. The molecule has 2 aliphatic rings. The number of aromatic nitrogens is 6. The Balaban J connectivity index is 0.000000282. The summed E-state index contributed by atoms with van der Waals surface area (Å²) >= 11 is 12.5. The number of rotatable bonds is 18. The maximum absolute atomic E-state index is 13.6. The number of piperidine rings is 2. The second kappa shape index (κ2) is 43.0. The smallest absolute Gasteiger partial charge is 1.00 e. The minimum absolute atomic E-state index is 0. The van der Waals surface area contributed by atoms with Crippen LogP contribution in [0.15, 0.2) is 213 Å². The van der Waals surface area contributed by atoms with Gasteiger partial charge in [0.05, 0.1) is 51.4 Å². The van der Waals surface area contributed by atoms with Gasteiger partial charge in [-0.15, -0.1) is 0 Å². The van der Waals surface area contributed by atoms with Crippen LogP contribution in [-0.4, -0.2) is 138 Å². The van der Waals surface area contributed by atoms with E-state index >= 15 is 0 Å². The second-order valence-electron chi connectivity index (χ2n) is 27.5. The van der Waals surface area contributed by atoms with Crippen molar-refractivity contribution in [1.82, 2.24) is 49.1 Å². The Labute approximate surface area is 743 Å². The van der Waals surface area contributed by atoms with Crippen molar-refractivity contribution in [2.45, 2.75) is 117 Å². The van der Waals surface area contributed by atoms with E-state index in [1.54, 1.807) is 32.0 Å². The third kappa shape index (κ3) is 25.8. The van der Waals surface area contributed by atoms with Crippen LogP contribution in [0.3, 0.4) is 0 Å². The van der Waals surface area contributed by atoms with Gasteiger partial charge >= 0.3 is 139 Å². The van der Waals surface area contributed by atoms with Gasteiger partial charge in [0.2, 0.25) is 11.9 Å². The molecule has 2 aliphatic heterocycles. The zero-order chi connectivity index (χ0) is 77.5. The molecule has 0 radical (unpaired) electrons. The predicted molar refractivity (Wildman–Crippen MR) is 416 cm³/mol. The summed E-state index contributed by atoms with van der Waals surface area (Å²) in [6.45, 7) is 13.8. The van der Waals surface area contributed by atoms with E-state index in [2.05, 4.69) is 65.5 Å². The number of carbonyl (C=O) groups excluding carboxylic acids is 5. The van der Waals surface area contributed by atoms with Gasteiger partial charge in [-0.1, -0.05) is 163 Å². The number of likely N-dealkylation sites (tertiary alicyclic amines) is 2. The molecule has 0 unspecified atom stereocenters. The number of nitrogens with zero attached hydrogens (tertiary/aromatic N) is 9. The van der Waals surface area contributed by atoms with Crippen molar-refractivity contribution in [3.63, 3.8) is 0 Å². The average molecular weight is 1610 g/mol. The first-order chi connectivity index (χ1) is 52.6. The van der Waals surface area contributed by atoms with E-state index in [1.165, 1.54) is 0 Å². The quantitative estimate of drug-likeness (QED) is 0.0236. The standard InChI is InChI=1S/C43H43ClN6O4.C37H39ClN6O4.CH2O3.2K.O2S.H/c1-43(2,3)54-42(52)50(34-17-12-24-48(27-34)41(51)53-29-31-13-6-4-7-14-31)26-30-20-22-32(23-21-30)46-40-45-25-37(44)39(47-40)36-28-49(33-15-8-5-9-16-33)38-19-11-10-18-35(36)38;1-37(2,3)48-36(46)44(28-12-9-19-43(23-28)35(45)47-24-26-10-5-4-6-11-26)22-25-15-17-27(18-16-25)41-34-40-21-31(38)33(42-34)30-20-39-32-14-8-7-13-29(30)32;2-1-4-3;;;1-3-2;/h4-11,13-16,18-23,25,28,34H,12,17,24,26-27,29H2,1-3H3,(H,45,46,47);4-8,10-11,13-18,20-21,28,39H,9,12,19,22-24H2,1-3H3,(H,40,41,42);1,3H;;;;/q;;;2*+1;;-1/p-1/t34-;28-;;;;;/m11...../s1. The van der Waals surface area contributed by atoms with E-state index in [4.69, 9.17) is 70.6 Å². The van der Waals surface area contributed by atoms with Crippen LogP contribution >= 0.6 is 23.2 Å². The number of fused-ring (bicyclic) bond motifs is 2. The summed E-state index contributed by atoms with van der Waals surface area (Å²) in [5.74, 6) is 0.805. The molecule has 0 saturated carbocycles. The van der Waals surface area contributed by atoms with Crippen LogP contribution in [0.25, 0.3) is 50.0 Å². The fourth-order valence-corrected chi connectivity index (χ4v) is 12.8. The third-order valence-corrected chi connectivity index (χ3v) is 17.9. The summed E-state index contributed by atoms with van der Waals surface area (Å²) < 4.78 is 41.6. The maximum atomic E-state index is 13.6. The molecule has 3 N–H and O–H groups in total. The molecule has 0 spiro atoms. The van der Waals surface area contributed by atoms with Gasteiger partial charge in [0.25, 0.3) is 6.47 Å². The normalized spacial score (nSPS) is 13.7. The number of para-hydroxylation sites is 3. The second-order valence-corrected chi connectivity index (χ2v) is 28.4. The molecule has 111 heavy (non-hydrogen) atoms. The van der Waals surface area contributed by atoms with Gasteiger partial charge in [0, 0.05) is 96.1 Å². The number of H-pyrrole nitrogens is 1. The first-order valence-electron chi connectivity index (χ1n) is 35.1. The van der Waals surface area contributed by atoms with Crippen LogP contribution in [0.1, 0.15) is 90.9 Å². The molecule has 0 bridgehead atoms. The van der Waals surface area contributed by atoms with Gasteiger partial charge in [0.15, 0.2) is 0 Å². The molecule has 25 nitrogen and oxygen atoms in total. The van der Waals surface area contributed by atoms with Gasteiger partial charge in [-0.05, 0) is 138 Å². The number of nitrogens with one attached hydrogen (secondary N) is 3. The van der Waals surface area contributed by atoms with Crippen LogP contribution in [0.5, 0.6) is 0 Å². The van der Waals surface area contributed by atoms with Gasteiger partial charge < -0.3 is 60.5 Å². The minimum Gasteiger partial charge on any atom is -1.00 e. The number of anilines is 4. The zero-order valence-electron chi connectivity index (χ0n) is 63.9. The maximum Gasteiger partial charge on any atom is 1.00 e. The van der Waals surface area contributed by atoms with Gasteiger partial charge in [-0.3, -0.25) is 14.6 Å². The van der Waals surface area contributed by atoms with Crippen molar-refractivity contribution in [3.8, 4) is 28.2 Å². The molecule has 4 amide bonds. The molecule has 7 aromatic carbocycles. The molecule has 2 fully saturated rings. The number of carbonyl (C=O) groups is 5. The molecule has 568 valence electrons. The van der Waals surface area contributed by atoms with E-state index in [0.717, 1.165) is 97.9 Å². The zero-order valence-corrected chi connectivity index (χ0v) is 71.5. The van der Waals surface area contributed by atoms with Crippen LogP contribution < -0.4 is 119 Å². The third-order valence-electron chi connectivity index (χ3n) is 17.4. The van der Waals surface area contributed by atoms with E-state index in [-0.39, 0.29) is 142 Å². The summed E-state index contributed by atoms with van der Waals surface area (Å²) in [5, 5.41) is 18.0. The molecular weight excluding hydrogens is 1530 g/mol. The van der Waals surface area contributed by atoms with Gasteiger partial charge in [-0.2, -0.15) is 8.42 Å². The predicted octanol–water partition coefficient (Wildman–Crippen LogP) is 10.5. The number of hydrogen-bond acceptors (Lipinski definition) is 19. The average Bonchev–Trinajstić information content (AvgIpc) is 1.56. The van der Waals surface area contributed by atoms with Crippen LogP contribution in [0.4, 0.5) is 42.4 Å². The molecule has 6 heterocycles. The van der Waals surface area contributed by atoms with Crippen LogP contribution in [-0.2, 0) is 66.5 Å². The first kappa shape index (κ1) is 88.1. The summed E-state index contributed by atoms with van der Waals surface area (Å²) in [5.41, 5.74) is 9.97. The Hall–Kier alpha value is -8.44. The Morgan fingerprint density at radius 3 is 1.42 bits per heavy atom. The van der Waals surface area contributed by atoms with Gasteiger partial charge in [-0.25, -0.2) is 39.1 Å². The topological polar surface area (TPSA) is 298 Å². The van der Waals surface area contributed by atoms with Crippen molar-refractivity contribution in [2.75, 3.05) is 36.8 Å². The molecule has 0 aliphatic carbocycles. The van der Waals surface area contributed by atoms with Crippen molar-refractivity contribution in [1.29, 1.82) is 0 Å². The number of amides is 4. The number of aromatic amines is 1. The minimum atomic E-state index is -0.750. The fourth-order valence-electron chi connectivity index (χ4n) is 12.4. The van der Waals surface area contributed by atoms with Crippen LogP contribution in [0, 0.1) is 0 Å². The molecule has 30 heteroatoms. The van der Waals surface area contributed by atoms with Gasteiger partial charge in [0.1, 0.15) is 24.4 Å². The monoisotopic (exact) mass is 1610 g/mol. The Morgan fingerprint density at radius 2 is 0.982 bits per heavy atom. The summed E-state index contributed by atoms with van der Waals surface area (Å²) in [4.78, 5) is 93.0. The summed E-state index contributed by atoms with van der Waals surface area (Å²) in [6.07, 6.45) is 8.49. The molecule has 13 rings (SSSR count). The van der Waals surface area contributed by atoms with Crippen LogP contribution in [0.2, 0.25) is 10.0 Å². The van der Waals surface area contributed by atoms with Crippen molar-refractivity contribution < 1.29 is 166 Å². The fraction of sp³-hybridized carbons (Fsp3) is 0.272. The number of halogens is 2. The van der Waals surface area contributed by atoms with Crippen molar-refractivity contribution >= 4 is 111 Å². The Kier molecular flexibility index (Phi) is 34.1. The first-order valence-corrected chi connectivity index (χ1v) is 36.5. The molecule has 2 atom stereocenters. The molecule has 11 aromatic rings. The summed E-state index contributed by atoms with van der Waals surface area (Å²) in [7, 11) is 0. The molecular formula is C81H84Cl2K2N12O13S.